The zero-order valence-corrected chi connectivity index (χ0v) is 15.2. The van der Waals surface area contributed by atoms with Gasteiger partial charge in [0, 0.05) is 11.4 Å². The number of rotatable bonds is 4. The summed E-state index contributed by atoms with van der Waals surface area (Å²) in [6, 6.07) is 15.5. The number of anilines is 2. The topological polar surface area (TPSA) is 57.4 Å². The lowest BCUT2D eigenvalue weighted by Gasteiger charge is -2.14. The minimum atomic E-state index is 0.409. The van der Waals surface area contributed by atoms with Crippen molar-refractivity contribution in [1.29, 1.82) is 0 Å². The summed E-state index contributed by atoms with van der Waals surface area (Å²) in [5, 5.41) is 6.95. The van der Waals surface area contributed by atoms with Crippen LogP contribution in [0.2, 0.25) is 0 Å². The first-order valence-corrected chi connectivity index (χ1v) is 8.32. The van der Waals surface area contributed by atoms with Crippen molar-refractivity contribution in [2.45, 2.75) is 13.8 Å². The molecule has 7 heteroatoms. The zero-order chi connectivity index (χ0) is 17.4. The van der Waals surface area contributed by atoms with Crippen LogP contribution < -0.4 is 26.2 Å². The Morgan fingerprint density at radius 2 is 1.29 bits per heavy atom. The SMILES string of the molecule is CCOc1ccc(NC(=S)NNC(=S)Nc2ccc(C)cc2)cc1. The van der Waals surface area contributed by atoms with Crippen LogP contribution in [0.4, 0.5) is 11.4 Å². The van der Waals surface area contributed by atoms with Crippen LogP contribution in [0.3, 0.4) is 0 Å². The molecule has 24 heavy (non-hydrogen) atoms. The van der Waals surface area contributed by atoms with E-state index in [-0.39, 0.29) is 0 Å². The van der Waals surface area contributed by atoms with Gasteiger partial charge in [-0.15, -0.1) is 0 Å². The van der Waals surface area contributed by atoms with Gasteiger partial charge in [-0.25, -0.2) is 0 Å². The highest BCUT2D eigenvalue weighted by molar-refractivity contribution is 7.81. The van der Waals surface area contributed by atoms with Gasteiger partial charge >= 0.3 is 0 Å². The Balaban J connectivity index is 1.75. The molecule has 0 fully saturated rings. The molecular weight excluding hydrogens is 340 g/mol. The van der Waals surface area contributed by atoms with Crippen LogP contribution in [0, 0.1) is 6.92 Å². The van der Waals surface area contributed by atoms with Gasteiger partial charge in [0.25, 0.3) is 0 Å². The van der Waals surface area contributed by atoms with E-state index < -0.39 is 0 Å². The Morgan fingerprint density at radius 3 is 1.75 bits per heavy atom. The van der Waals surface area contributed by atoms with Crippen molar-refractivity contribution in [1.82, 2.24) is 10.9 Å². The van der Waals surface area contributed by atoms with Crippen molar-refractivity contribution in [2.24, 2.45) is 0 Å². The second-order valence-electron chi connectivity index (χ2n) is 4.98. The molecule has 126 valence electrons. The van der Waals surface area contributed by atoms with Crippen molar-refractivity contribution >= 4 is 46.0 Å². The van der Waals surface area contributed by atoms with Gasteiger partial charge in [0.15, 0.2) is 10.2 Å². The molecule has 0 unspecified atom stereocenters. The molecule has 4 N–H and O–H groups in total. The molecule has 5 nitrogen and oxygen atoms in total. The first-order chi connectivity index (χ1) is 11.6. The highest BCUT2D eigenvalue weighted by atomic mass is 32.1. The maximum atomic E-state index is 5.39. The van der Waals surface area contributed by atoms with Crippen molar-refractivity contribution in [3.05, 3.63) is 54.1 Å². The fraction of sp³-hybridized carbons (Fsp3) is 0.176. The lowest BCUT2D eigenvalue weighted by Crippen LogP contribution is -2.45. The van der Waals surface area contributed by atoms with E-state index in [1.807, 2.05) is 62.4 Å². The minimum absolute atomic E-state index is 0.409. The smallest absolute Gasteiger partial charge is 0.189 e. The minimum Gasteiger partial charge on any atom is -0.494 e. The quantitative estimate of drug-likeness (QED) is 0.491. The summed E-state index contributed by atoms with van der Waals surface area (Å²) in [7, 11) is 0. The monoisotopic (exact) mass is 360 g/mol. The number of benzene rings is 2. The predicted molar refractivity (Wildman–Crippen MR) is 108 cm³/mol. The molecule has 0 spiro atoms. The molecule has 0 heterocycles. The van der Waals surface area contributed by atoms with Crippen LogP contribution >= 0.6 is 24.4 Å². The molecule has 2 aromatic rings. The van der Waals surface area contributed by atoms with E-state index in [1.54, 1.807) is 0 Å². The molecule has 0 aromatic heterocycles. The lowest BCUT2D eigenvalue weighted by atomic mass is 10.2. The third-order valence-corrected chi connectivity index (χ3v) is 3.43. The average molecular weight is 361 g/mol. The summed E-state index contributed by atoms with van der Waals surface area (Å²) in [6.45, 7) is 4.62. The Labute approximate surface area is 152 Å². The average Bonchev–Trinajstić information content (AvgIpc) is 2.57. The van der Waals surface area contributed by atoms with Crippen LogP contribution in [0.25, 0.3) is 0 Å². The molecule has 0 radical (unpaired) electrons. The number of hydrogen-bond donors (Lipinski definition) is 4. The van der Waals surface area contributed by atoms with Crippen LogP contribution in [0.1, 0.15) is 12.5 Å². The zero-order valence-electron chi connectivity index (χ0n) is 13.6. The van der Waals surface area contributed by atoms with E-state index in [2.05, 4.69) is 21.5 Å². The van der Waals surface area contributed by atoms with Gasteiger partial charge in [0.1, 0.15) is 5.75 Å². The van der Waals surface area contributed by atoms with Crippen LogP contribution in [0.5, 0.6) is 5.75 Å². The number of hydrogen-bond acceptors (Lipinski definition) is 3. The fourth-order valence-electron chi connectivity index (χ4n) is 1.88. The highest BCUT2D eigenvalue weighted by Crippen LogP contribution is 2.15. The Hall–Kier alpha value is -2.38. The molecule has 0 aliphatic heterocycles. The highest BCUT2D eigenvalue weighted by Gasteiger charge is 2.00. The molecule has 0 saturated heterocycles. The summed E-state index contributed by atoms with van der Waals surface area (Å²) in [5.41, 5.74) is 8.63. The maximum absolute atomic E-state index is 5.39. The normalized spacial score (nSPS) is 9.75. The Bertz CT molecular complexity index is 687. The van der Waals surface area contributed by atoms with E-state index in [1.165, 1.54) is 5.56 Å². The van der Waals surface area contributed by atoms with E-state index in [4.69, 9.17) is 29.2 Å². The van der Waals surface area contributed by atoms with Gasteiger partial charge < -0.3 is 15.4 Å². The van der Waals surface area contributed by atoms with Gasteiger partial charge in [-0.2, -0.15) is 0 Å². The standard InChI is InChI=1S/C17H20N4OS2/c1-3-22-15-10-8-14(9-11-15)19-17(24)21-20-16(23)18-13-6-4-12(2)5-7-13/h4-11H,3H2,1-2H3,(H2,18,20,23)(H2,19,21,24). The summed E-state index contributed by atoms with van der Waals surface area (Å²) in [5.74, 6) is 0.823. The molecule has 0 aliphatic carbocycles. The van der Waals surface area contributed by atoms with Crippen LogP contribution in [-0.4, -0.2) is 16.8 Å². The van der Waals surface area contributed by atoms with Gasteiger partial charge in [0.05, 0.1) is 6.61 Å². The van der Waals surface area contributed by atoms with Crippen molar-refractivity contribution < 1.29 is 4.74 Å². The second kappa shape index (κ2) is 9.05. The Kier molecular flexibility index (Phi) is 6.77. The molecule has 0 saturated carbocycles. The first kappa shape index (κ1) is 18.0. The van der Waals surface area contributed by atoms with Gasteiger partial charge in [-0.1, -0.05) is 17.7 Å². The molecule has 0 bridgehead atoms. The first-order valence-electron chi connectivity index (χ1n) is 7.50. The van der Waals surface area contributed by atoms with Crippen LogP contribution in [0.15, 0.2) is 48.5 Å². The number of hydrazine groups is 1. The van der Waals surface area contributed by atoms with Crippen LogP contribution in [-0.2, 0) is 0 Å². The molecule has 0 amide bonds. The number of aryl methyl sites for hydroxylation is 1. The van der Waals surface area contributed by atoms with Gasteiger partial charge in [-0.3, -0.25) is 10.9 Å². The van der Waals surface area contributed by atoms with E-state index in [9.17, 15) is 0 Å². The third-order valence-electron chi connectivity index (χ3n) is 3.02. The van der Waals surface area contributed by atoms with E-state index in [0.717, 1.165) is 17.1 Å². The largest absolute Gasteiger partial charge is 0.494 e. The van der Waals surface area contributed by atoms with Crippen molar-refractivity contribution in [3.63, 3.8) is 0 Å². The number of thiocarbonyl (C=S) groups is 2. The van der Waals surface area contributed by atoms with Gasteiger partial charge in [0.2, 0.25) is 0 Å². The summed E-state index contributed by atoms with van der Waals surface area (Å²) in [4.78, 5) is 0. The fourth-order valence-corrected chi connectivity index (χ4v) is 2.21. The third kappa shape index (κ3) is 6.02. The molecule has 0 aliphatic rings. The summed E-state index contributed by atoms with van der Waals surface area (Å²) in [6.07, 6.45) is 0. The van der Waals surface area contributed by atoms with E-state index in [0.29, 0.717) is 16.8 Å². The predicted octanol–water partition coefficient (Wildman–Crippen LogP) is 3.58. The maximum Gasteiger partial charge on any atom is 0.189 e. The van der Waals surface area contributed by atoms with E-state index >= 15 is 0 Å². The summed E-state index contributed by atoms with van der Waals surface area (Å²) >= 11 is 10.4. The molecule has 2 aromatic carbocycles. The second-order valence-corrected chi connectivity index (χ2v) is 5.80. The van der Waals surface area contributed by atoms with Gasteiger partial charge in [-0.05, 0) is 74.7 Å². The molecular formula is C17H20N4OS2. The summed E-state index contributed by atoms with van der Waals surface area (Å²) < 4.78 is 5.39. The molecule has 0 atom stereocenters. The number of nitrogens with one attached hydrogen (secondary N) is 4. The molecule has 2 rings (SSSR count). The Morgan fingerprint density at radius 1 is 0.833 bits per heavy atom. The number of ether oxygens (including phenoxy) is 1. The van der Waals surface area contributed by atoms with Crippen molar-refractivity contribution in [2.75, 3.05) is 17.2 Å². The van der Waals surface area contributed by atoms with Crippen molar-refractivity contribution in [3.8, 4) is 5.75 Å². The lowest BCUT2D eigenvalue weighted by molar-refractivity contribution is 0.340.